The Morgan fingerprint density at radius 1 is 1.17 bits per heavy atom. The summed E-state index contributed by atoms with van der Waals surface area (Å²) in [6, 6.07) is 10.3. The first kappa shape index (κ1) is 21.3. The van der Waals surface area contributed by atoms with Gasteiger partial charge in [-0.2, -0.15) is 5.10 Å². The van der Waals surface area contributed by atoms with Gasteiger partial charge in [-0.25, -0.2) is 17.5 Å². The maximum absolute atomic E-state index is 14.0. The number of carbonyl (C=O) groups is 1. The molecule has 6 nitrogen and oxygen atoms in total. The predicted molar refractivity (Wildman–Crippen MR) is 108 cm³/mol. The Hall–Kier alpha value is -2.42. The van der Waals surface area contributed by atoms with Crippen LogP contribution in [0.5, 0.6) is 0 Å². The van der Waals surface area contributed by atoms with E-state index in [0.717, 1.165) is 17.7 Å². The van der Waals surface area contributed by atoms with Crippen molar-refractivity contribution in [3.05, 3.63) is 80.8 Å². The first-order valence-corrected chi connectivity index (χ1v) is 10.6. The monoisotopic (exact) mass is 455 g/mol. The van der Waals surface area contributed by atoms with Crippen LogP contribution in [0.4, 0.5) is 4.39 Å². The van der Waals surface area contributed by atoms with Gasteiger partial charge < -0.3 is 0 Å². The highest BCUT2D eigenvalue weighted by atomic mass is 35.5. The Bertz CT molecular complexity index is 1210. The lowest BCUT2D eigenvalue weighted by atomic mass is 10.2. The number of nitrogens with one attached hydrogen (secondary N) is 1. The molecule has 10 heteroatoms. The van der Waals surface area contributed by atoms with E-state index in [2.05, 4.69) is 5.10 Å². The predicted octanol–water partition coefficient (Wildman–Crippen LogP) is 4.11. The number of amides is 1. The average molecular weight is 456 g/mol. The summed E-state index contributed by atoms with van der Waals surface area (Å²) in [6.45, 7) is 3.53. The lowest BCUT2D eigenvalue weighted by Gasteiger charge is -2.09. The lowest BCUT2D eigenvalue weighted by molar-refractivity contribution is 0.0980. The molecule has 0 aliphatic carbocycles. The van der Waals surface area contributed by atoms with Crippen LogP contribution in [-0.2, 0) is 16.6 Å². The van der Waals surface area contributed by atoms with Gasteiger partial charge in [0.05, 0.1) is 17.8 Å². The molecule has 0 fully saturated rings. The maximum Gasteiger partial charge on any atom is 0.268 e. The molecular weight excluding hydrogens is 440 g/mol. The third kappa shape index (κ3) is 4.44. The van der Waals surface area contributed by atoms with Crippen LogP contribution in [0.15, 0.2) is 47.4 Å². The number of aromatic nitrogens is 2. The lowest BCUT2D eigenvalue weighted by Crippen LogP contribution is -2.32. The molecule has 0 saturated carbocycles. The highest BCUT2D eigenvalue weighted by molar-refractivity contribution is 7.90. The second-order valence-corrected chi connectivity index (χ2v) is 8.80. The van der Waals surface area contributed by atoms with E-state index in [4.69, 9.17) is 23.2 Å². The van der Waals surface area contributed by atoms with E-state index in [1.807, 2.05) is 16.9 Å². The molecule has 0 aliphatic rings. The van der Waals surface area contributed by atoms with Crippen LogP contribution in [0, 0.1) is 19.7 Å². The Morgan fingerprint density at radius 2 is 1.86 bits per heavy atom. The number of rotatable bonds is 5. The van der Waals surface area contributed by atoms with Crippen LogP contribution < -0.4 is 4.72 Å². The molecule has 0 aliphatic heterocycles. The third-order valence-corrected chi connectivity index (χ3v) is 6.27. The summed E-state index contributed by atoms with van der Waals surface area (Å²) in [4.78, 5) is 12.0. The first-order chi connectivity index (χ1) is 13.6. The van der Waals surface area contributed by atoms with Crippen molar-refractivity contribution in [2.75, 3.05) is 0 Å². The molecule has 0 saturated heterocycles. The van der Waals surface area contributed by atoms with E-state index in [-0.39, 0.29) is 10.6 Å². The number of halogens is 3. The molecule has 3 aromatic rings. The van der Waals surface area contributed by atoms with Crippen molar-refractivity contribution >= 4 is 39.1 Å². The van der Waals surface area contributed by atoms with Crippen LogP contribution >= 0.6 is 23.2 Å². The van der Waals surface area contributed by atoms with Crippen molar-refractivity contribution in [2.45, 2.75) is 25.3 Å². The molecule has 1 aromatic heterocycles. The smallest absolute Gasteiger partial charge is 0.268 e. The summed E-state index contributed by atoms with van der Waals surface area (Å²) in [7, 11) is -4.44. The minimum atomic E-state index is -4.44. The molecule has 0 atom stereocenters. The molecular formula is C19H16Cl2FN3O3S. The van der Waals surface area contributed by atoms with Crippen molar-refractivity contribution in [2.24, 2.45) is 0 Å². The summed E-state index contributed by atoms with van der Waals surface area (Å²) < 4.78 is 42.4. The van der Waals surface area contributed by atoms with E-state index in [1.54, 1.807) is 30.7 Å². The number of aryl methyl sites for hydroxylation is 1. The van der Waals surface area contributed by atoms with E-state index in [0.29, 0.717) is 23.0 Å². The summed E-state index contributed by atoms with van der Waals surface area (Å²) in [5.41, 5.74) is 1.67. The average Bonchev–Trinajstić information content (AvgIpc) is 2.89. The number of nitrogens with zero attached hydrogens (tertiary/aromatic N) is 2. The molecule has 152 valence electrons. The molecule has 0 spiro atoms. The van der Waals surface area contributed by atoms with Crippen molar-refractivity contribution in [1.29, 1.82) is 0 Å². The molecule has 0 radical (unpaired) electrons. The van der Waals surface area contributed by atoms with E-state index in [1.165, 1.54) is 6.07 Å². The zero-order valence-electron chi connectivity index (χ0n) is 15.4. The molecule has 1 heterocycles. The van der Waals surface area contributed by atoms with Crippen molar-refractivity contribution in [3.63, 3.8) is 0 Å². The highest BCUT2D eigenvalue weighted by Gasteiger charge is 2.26. The van der Waals surface area contributed by atoms with Crippen LogP contribution in [0.1, 0.15) is 27.3 Å². The highest BCUT2D eigenvalue weighted by Crippen LogP contribution is 2.22. The Morgan fingerprint density at radius 3 is 2.52 bits per heavy atom. The number of carbonyl (C=O) groups excluding carboxylic acids is 1. The summed E-state index contributed by atoms with van der Waals surface area (Å²) in [5, 5.41) is 4.90. The molecule has 3 rings (SSSR count). The zero-order valence-corrected chi connectivity index (χ0v) is 17.7. The van der Waals surface area contributed by atoms with E-state index < -0.39 is 26.6 Å². The van der Waals surface area contributed by atoms with Crippen LogP contribution in [0.2, 0.25) is 10.0 Å². The van der Waals surface area contributed by atoms with Gasteiger partial charge in [0.25, 0.3) is 15.9 Å². The normalized spacial score (nSPS) is 11.5. The maximum atomic E-state index is 14.0. The molecule has 0 bridgehead atoms. The van der Waals surface area contributed by atoms with Gasteiger partial charge in [0, 0.05) is 15.7 Å². The molecule has 29 heavy (non-hydrogen) atoms. The minimum Gasteiger partial charge on any atom is -0.268 e. The Balaban J connectivity index is 1.90. The molecule has 1 N–H and O–H groups in total. The third-order valence-electron chi connectivity index (χ3n) is 4.30. The fourth-order valence-electron chi connectivity index (χ4n) is 2.89. The topological polar surface area (TPSA) is 81.1 Å². The molecule has 2 aromatic carbocycles. The van der Waals surface area contributed by atoms with Crippen molar-refractivity contribution in [3.8, 4) is 0 Å². The number of benzene rings is 2. The molecule has 0 unspecified atom stereocenters. The summed E-state index contributed by atoms with van der Waals surface area (Å²) in [6.07, 6.45) is 0. The van der Waals surface area contributed by atoms with Gasteiger partial charge in [0.2, 0.25) is 0 Å². The van der Waals surface area contributed by atoms with Gasteiger partial charge in [0.15, 0.2) is 0 Å². The fraction of sp³-hybridized carbons (Fsp3) is 0.158. The van der Waals surface area contributed by atoms with Crippen molar-refractivity contribution < 1.29 is 17.6 Å². The van der Waals surface area contributed by atoms with Gasteiger partial charge in [0.1, 0.15) is 10.7 Å². The summed E-state index contributed by atoms with van der Waals surface area (Å²) >= 11 is 11.8. The van der Waals surface area contributed by atoms with Crippen LogP contribution in [0.3, 0.4) is 0 Å². The van der Waals surface area contributed by atoms with Crippen LogP contribution in [0.25, 0.3) is 0 Å². The zero-order chi connectivity index (χ0) is 21.3. The Labute approximate surface area is 177 Å². The van der Waals surface area contributed by atoms with Gasteiger partial charge in [-0.05, 0) is 43.7 Å². The SMILES string of the molecule is Cc1nn(Cc2ccccc2Cl)c(C)c1C(=O)NS(=O)(=O)c1ccc(Cl)cc1F. The Kier molecular flexibility index (Phi) is 5.97. The second-order valence-electron chi connectivity index (χ2n) is 6.30. The van der Waals surface area contributed by atoms with E-state index in [9.17, 15) is 17.6 Å². The quantitative estimate of drug-likeness (QED) is 0.627. The standard InChI is InChI=1S/C19H16Cl2FN3O3S/c1-11-18(12(2)25(23-11)10-13-5-3-4-6-15(13)21)19(26)24-29(27,28)17-8-7-14(20)9-16(17)22/h3-9H,10H2,1-2H3,(H,24,26). The van der Waals surface area contributed by atoms with Gasteiger partial charge >= 0.3 is 0 Å². The van der Waals surface area contributed by atoms with Gasteiger partial charge in [-0.1, -0.05) is 41.4 Å². The number of sulfonamides is 1. The van der Waals surface area contributed by atoms with Crippen molar-refractivity contribution in [1.82, 2.24) is 14.5 Å². The van der Waals surface area contributed by atoms with Gasteiger partial charge in [-0.15, -0.1) is 0 Å². The van der Waals surface area contributed by atoms with Gasteiger partial charge in [-0.3, -0.25) is 9.48 Å². The molecule has 1 amide bonds. The number of hydrogen-bond acceptors (Lipinski definition) is 4. The first-order valence-electron chi connectivity index (χ1n) is 8.40. The van der Waals surface area contributed by atoms with Crippen LogP contribution in [-0.4, -0.2) is 24.1 Å². The van der Waals surface area contributed by atoms with E-state index >= 15 is 0 Å². The largest absolute Gasteiger partial charge is 0.268 e. The summed E-state index contributed by atoms with van der Waals surface area (Å²) in [5.74, 6) is -1.96. The number of hydrogen-bond donors (Lipinski definition) is 1. The minimum absolute atomic E-state index is 0.0420. The fourth-order valence-corrected chi connectivity index (χ4v) is 4.26. The second kappa shape index (κ2) is 8.14.